The number of benzene rings is 2. The number of carbonyl (C=O) groups excluding carboxylic acids is 2. The van der Waals surface area contributed by atoms with Gasteiger partial charge in [0.1, 0.15) is 5.82 Å². The lowest BCUT2D eigenvalue weighted by Gasteiger charge is -2.23. The molecule has 1 atom stereocenters. The van der Waals surface area contributed by atoms with Crippen LogP contribution in [0.25, 0.3) is 0 Å². The zero-order valence-electron chi connectivity index (χ0n) is 11.8. The van der Waals surface area contributed by atoms with Gasteiger partial charge in [-0.2, -0.15) is 0 Å². The second-order valence-electron chi connectivity index (χ2n) is 4.97. The van der Waals surface area contributed by atoms with Crippen molar-refractivity contribution < 1.29 is 14.0 Å². The third-order valence-electron chi connectivity index (χ3n) is 3.28. The number of halogens is 2. The van der Waals surface area contributed by atoms with Gasteiger partial charge in [-0.3, -0.25) is 9.59 Å². The summed E-state index contributed by atoms with van der Waals surface area (Å²) in [6.07, 6.45) is -0.0274. The van der Waals surface area contributed by atoms with E-state index >= 15 is 0 Å². The number of fused-ring (bicyclic) bond motifs is 1. The number of rotatable bonds is 3. The van der Waals surface area contributed by atoms with Crippen LogP contribution in [0.5, 0.6) is 0 Å². The average molecular weight is 395 g/mol. The molecule has 7 heteroatoms. The maximum absolute atomic E-state index is 13.7. The van der Waals surface area contributed by atoms with Gasteiger partial charge >= 0.3 is 0 Å². The molecule has 2 amide bonds. The fraction of sp³-hybridized carbons (Fsp3) is 0.125. The molecule has 0 fully saturated rings. The molecule has 0 spiro atoms. The molecule has 1 heterocycles. The van der Waals surface area contributed by atoms with E-state index in [-0.39, 0.29) is 18.0 Å². The smallest absolute Gasteiger partial charge is 0.238 e. The highest BCUT2D eigenvalue weighted by molar-refractivity contribution is 9.10. The van der Waals surface area contributed by atoms with Crippen LogP contribution in [-0.2, 0) is 9.59 Å². The molecule has 1 unspecified atom stereocenters. The van der Waals surface area contributed by atoms with Crippen molar-refractivity contribution in [2.45, 2.75) is 16.6 Å². The van der Waals surface area contributed by atoms with E-state index in [1.165, 1.54) is 23.9 Å². The highest BCUT2D eigenvalue weighted by Crippen LogP contribution is 2.36. The summed E-state index contributed by atoms with van der Waals surface area (Å²) < 4.78 is 14.3. The van der Waals surface area contributed by atoms with Crippen LogP contribution in [0.1, 0.15) is 6.42 Å². The summed E-state index contributed by atoms with van der Waals surface area (Å²) in [7, 11) is 0. The molecule has 3 rings (SSSR count). The number of thioether (sulfide) groups is 1. The first-order valence-electron chi connectivity index (χ1n) is 6.84. The number of hydrogen-bond donors (Lipinski definition) is 2. The maximum atomic E-state index is 13.7. The second kappa shape index (κ2) is 6.72. The molecular formula is C16H12BrFN2O2S. The Morgan fingerprint density at radius 1 is 1.30 bits per heavy atom. The van der Waals surface area contributed by atoms with Crippen LogP contribution >= 0.6 is 27.7 Å². The van der Waals surface area contributed by atoms with E-state index in [2.05, 4.69) is 26.6 Å². The molecule has 2 aromatic carbocycles. The first kappa shape index (κ1) is 16.0. The Hall–Kier alpha value is -1.86. The summed E-state index contributed by atoms with van der Waals surface area (Å²) >= 11 is 4.49. The van der Waals surface area contributed by atoms with E-state index < -0.39 is 17.0 Å². The number of carbonyl (C=O) groups is 2. The zero-order valence-corrected chi connectivity index (χ0v) is 14.2. The largest absolute Gasteiger partial charge is 0.324 e. The van der Waals surface area contributed by atoms with Crippen molar-refractivity contribution in [2.75, 3.05) is 10.6 Å². The Morgan fingerprint density at radius 2 is 2.09 bits per heavy atom. The standard InChI is InChI=1S/C16H12BrFN2O2S/c17-9-5-6-11(10(18)7-9)19-15(21)8-14-16(22)20-12-3-1-2-4-13(12)23-14/h1-7,14H,8H2,(H,19,21)(H,20,22). The lowest BCUT2D eigenvalue weighted by atomic mass is 10.2. The third-order valence-corrected chi connectivity index (χ3v) is 5.05. The van der Waals surface area contributed by atoms with E-state index in [1.807, 2.05) is 24.3 Å². The van der Waals surface area contributed by atoms with Crippen molar-refractivity contribution in [3.05, 3.63) is 52.8 Å². The van der Waals surface area contributed by atoms with Crippen molar-refractivity contribution in [2.24, 2.45) is 0 Å². The lowest BCUT2D eigenvalue weighted by Crippen LogP contribution is -2.32. The molecule has 0 radical (unpaired) electrons. The Bertz CT molecular complexity index is 784. The van der Waals surface area contributed by atoms with Gasteiger partial charge in [0.15, 0.2) is 0 Å². The molecule has 23 heavy (non-hydrogen) atoms. The summed E-state index contributed by atoms with van der Waals surface area (Å²) in [5, 5.41) is 4.74. The number of para-hydroxylation sites is 1. The average Bonchev–Trinajstić information content (AvgIpc) is 2.51. The highest BCUT2D eigenvalue weighted by atomic mass is 79.9. The van der Waals surface area contributed by atoms with Crippen molar-refractivity contribution in [3.63, 3.8) is 0 Å². The van der Waals surface area contributed by atoms with Crippen LogP contribution in [0.3, 0.4) is 0 Å². The van der Waals surface area contributed by atoms with Gasteiger partial charge in [0, 0.05) is 15.8 Å². The van der Waals surface area contributed by atoms with Crippen LogP contribution in [-0.4, -0.2) is 17.1 Å². The van der Waals surface area contributed by atoms with Crippen molar-refractivity contribution in [3.8, 4) is 0 Å². The molecular weight excluding hydrogens is 383 g/mol. The van der Waals surface area contributed by atoms with Gasteiger partial charge in [0.05, 0.1) is 16.6 Å². The molecule has 2 aromatic rings. The number of anilines is 2. The molecule has 1 aliphatic heterocycles. The third kappa shape index (κ3) is 3.73. The van der Waals surface area contributed by atoms with Gasteiger partial charge in [-0.25, -0.2) is 4.39 Å². The summed E-state index contributed by atoms with van der Waals surface area (Å²) in [4.78, 5) is 25.1. The summed E-state index contributed by atoms with van der Waals surface area (Å²) in [5.41, 5.74) is 0.845. The predicted molar refractivity (Wildman–Crippen MR) is 92.1 cm³/mol. The van der Waals surface area contributed by atoms with Crippen molar-refractivity contribution >= 4 is 50.9 Å². The van der Waals surface area contributed by atoms with Gasteiger partial charge in [-0.1, -0.05) is 28.1 Å². The predicted octanol–water partition coefficient (Wildman–Crippen LogP) is 4.03. The molecule has 0 saturated heterocycles. The van der Waals surface area contributed by atoms with Crippen LogP contribution < -0.4 is 10.6 Å². The van der Waals surface area contributed by atoms with Crippen LogP contribution in [0.15, 0.2) is 51.8 Å². The Morgan fingerprint density at radius 3 is 2.87 bits per heavy atom. The van der Waals surface area contributed by atoms with Crippen LogP contribution in [0.4, 0.5) is 15.8 Å². The highest BCUT2D eigenvalue weighted by Gasteiger charge is 2.28. The van der Waals surface area contributed by atoms with Crippen molar-refractivity contribution in [1.29, 1.82) is 0 Å². The molecule has 2 N–H and O–H groups in total. The Labute approximate surface area is 145 Å². The molecule has 118 valence electrons. The normalized spacial score (nSPS) is 16.4. The van der Waals surface area contributed by atoms with Gasteiger partial charge < -0.3 is 10.6 Å². The Balaban J connectivity index is 1.67. The molecule has 0 bridgehead atoms. The minimum Gasteiger partial charge on any atom is -0.324 e. The van der Waals surface area contributed by atoms with Crippen LogP contribution in [0, 0.1) is 5.82 Å². The molecule has 0 saturated carbocycles. The number of nitrogens with one attached hydrogen (secondary N) is 2. The first-order valence-corrected chi connectivity index (χ1v) is 8.51. The number of amides is 2. The summed E-state index contributed by atoms with van der Waals surface area (Å²) in [6, 6.07) is 11.8. The maximum Gasteiger partial charge on any atom is 0.238 e. The molecule has 1 aliphatic rings. The fourth-order valence-electron chi connectivity index (χ4n) is 2.19. The quantitative estimate of drug-likeness (QED) is 0.825. The lowest BCUT2D eigenvalue weighted by molar-refractivity contribution is -0.120. The van der Waals surface area contributed by atoms with E-state index in [0.717, 1.165) is 10.6 Å². The monoisotopic (exact) mass is 394 g/mol. The summed E-state index contributed by atoms with van der Waals surface area (Å²) in [6.45, 7) is 0. The molecule has 0 aromatic heterocycles. The first-order chi connectivity index (χ1) is 11.0. The molecule has 4 nitrogen and oxygen atoms in total. The van der Waals surface area contributed by atoms with Gasteiger partial charge in [0.2, 0.25) is 11.8 Å². The zero-order chi connectivity index (χ0) is 16.4. The van der Waals surface area contributed by atoms with Gasteiger partial charge in [-0.15, -0.1) is 11.8 Å². The Kier molecular flexibility index (Phi) is 4.68. The SMILES string of the molecule is O=C(CC1Sc2ccccc2NC1=O)Nc1ccc(Br)cc1F. The minimum absolute atomic E-state index is 0.0274. The fourth-order valence-corrected chi connectivity index (χ4v) is 3.63. The second-order valence-corrected chi connectivity index (χ2v) is 7.13. The minimum atomic E-state index is -0.539. The topological polar surface area (TPSA) is 58.2 Å². The van der Waals surface area contributed by atoms with E-state index in [4.69, 9.17) is 0 Å². The summed E-state index contributed by atoms with van der Waals surface area (Å²) in [5.74, 6) is -1.16. The van der Waals surface area contributed by atoms with Gasteiger partial charge in [0.25, 0.3) is 0 Å². The van der Waals surface area contributed by atoms with E-state index in [9.17, 15) is 14.0 Å². The van der Waals surface area contributed by atoms with Crippen LogP contribution in [0.2, 0.25) is 0 Å². The number of hydrogen-bond acceptors (Lipinski definition) is 3. The van der Waals surface area contributed by atoms with Crippen molar-refractivity contribution in [1.82, 2.24) is 0 Å². The van der Waals surface area contributed by atoms with Gasteiger partial charge in [-0.05, 0) is 30.3 Å². The molecule has 0 aliphatic carbocycles. The van der Waals surface area contributed by atoms with E-state index in [1.54, 1.807) is 6.07 Å². The van der Waals surface area contributed by atoms with E-state index in [0.29, 0.717) is 4.47 Å².